The number of carbonyl (C=O) groups is 2. The number of hydrogen-bond donors (Lipinski definition) is 1. The van der Waals surface area contributed by atoms with Gasteiger partial charge < -0.3 is 14.8 Å². The number of carbonyl (C=O) groups excluding carboxylic acids is 2. The van der Waals surface area contributed by atoms with Gasteiger partial charge in [-0.05, 0) is 47.4 Å². The third-order valence-corrected chi connectivity index (χ3v) is 5.07. The third kappa shape index (κ3) is 6.47. The van der Waals surface area contributed by atoms with Crippen LogP contribution in [-0.4, -0.2) is 18.4 Å². The van der Waals surface area contributed by atoms with Crippen molar-refractivity contribution in [1.29, 1.82) is 0 Å². The summed E-state index contributed by atoms with van der Waals surface area (Å²) in [6, 6.07) is 20.2. The lowest BCUT2D eigenvalue weighted by molar-refractivity contribution is -0.131. The van der Waals surface area contributed by atoms with Crippen LogP contribution in [0.1, 0.15) is 53.7 Å². The van der Waals surface area contributed by atoms with E-state index in [0.29, 0.717) is 40.8 Å². The van der Waals surface area contributed by atoms with Gasteiger partial charge in [0.1, 0.15) is 18.1 Å². The molecule has 0 saturated heterocycles. The van der Waals surface area contributed by atoms with Crippen LogP contribution in [0.25, 0.3) is 0 Å². The van der Waals surface area contributed by atoms with Crippen LogP contribution in [0.15, 0.2) is 66.7 Å². The van der Waals surface area contributed by atoms with Crippen molar-refractivity contribution in [3.8, 4) is 23.8 Å². The molecule has 3 aromatic carbocycles. The minimum atomic E-state index is -0.363. The molecule has 0 aliphatic heterocycles. The second-order valence-corrected chi connectivity index (χ2v) is 7.90. The summed E-state index contributed by atoms with van der Waals surface area (Å²) in [6.07, 6.45) is 5.30. The molecule has 5 nitrogen and oxygen atoms in total. The van der Waals surface area contributed by atoms with Gasteiger partial charge in [0.15, 0.2) is 5.78 Å². The van der Waals surface area contributed by atoms with E-state index in [4.69, 9.17) is 15.9 Å². The summed E-state index contributed by atoms with van der Waals surface area (Å²) in [5.41, 5.74) is 3.93. The number of terminal acetylenes is 1. The number of anilines is 1. The predicted molar refractivity (Wildman–Crippen MR) is 130 cm³/mol. The van der Waals surface area contributed by atoms with Crippen LogP contribution in [0.3, 0.4) is 0 Å². The Balaban J connectivity index is 1.83. The smallest absolute Gasteiger partial charge is 0.308 e. The molecule has 1 N–H and O–H groups in total. The molecule has 0 aliphatic carbocycles. The van der Waals surface area contributed by atoms with Gasteiger partial charge in [-0.15, -0.1) is 6.42 Å². The maximum absolute atomic E-state index is 13.3. The maximum Gasteiger partial charge on any atom is 0.308 e. The van der Waals surface area contributed by atoms with E-state index in [2.05, 4.69) is 25.1 Å². The van der Waals surface area contributed by atoms with Gasteiger partial charge in [-0.1, -0.05) is 56.2 Å². The molecule has 0 amide bonds. The number of ketones is 1. The third-order valence-electron chi connectivity index (χ3n) is 5.07. The first-order valence-electron chi connectivity index (χ1n) is 10.7. The van der Waals surface area contributed by atoms with Crippen molar-refractivity contribution >= 4 is 17.4 Å². The monoisotopic (exact) mass is 441 g/mol. The minimum absolute atomic E-state index is 0.107. The molecule has 0 atom stereocenters. The molecule has 0 aromatic heterocycles. The van der Waals surface area contributed by atoms with Gasteiger partial charge >= 0.3 is 5.97 Å². The molecule has 0 radical (unpaired) electrons. The van der Waals surface area contributed by atoms with Crippen molar-refractivity contribution in [2.45, 2.75) is 33.2 Å². The van der Waals surface area contributed by atoms with E-state index in [-0.39, 0.29) is 18.4 Å². The largest absolute Gasteiger partial charge is 0.481 e. The summed E-state index contributed by atoms with van der Waals surface area (Å²) >= 11 is 0. The fraction of sp³-hybridized carbons (Fsp3) is 0.214. The number of rotatable bonds is 9. The topological polar surface area (TPSA) is 64.6 Å². The lowest BCUT2D eigenvalue weighted by atomic mass is 9.97. The van der Waals surface area contributed by atoms with Gasteiger partial charge in [0.2, 0.25) is 0 Å². The second-order valence-electron chi connectivity index (χ2n) is 7.90. The van der Waals surface area contributed by atoms with Crippen LogP contribution >= 0.6 is 0 Å². The lowest BCUT2D eigenvalue weighted by Crippen LogP contribution is -2.09. The Hall–Kier alpha value is -4.04. The molecule has 0 spiro atoms. The predicted octanol–water partition coefficient (Wildman–Crippen LogP) is 5.59. The highest BCUT2D eigenvalue weighted by Crippen LogP contribution is 2.27. The number of ether oxygens (including phenoxy) is 2. The molecule has 3 rings (SSSR count). The van der Waals surface area contributed by atoms with E-state index in [1.165, 1.54) is 12.5 Å². The SMILES string of the molecule is C#CCOc1ccc(NCc2ccc(OC(C)=O)cc2)c(C(=O)c2ccc(C(C)C)cc2)c1. The van der Waals surface area contributed by atoms with Crippen molar-refractivity contribution in [2.24, 2.45) is 0 Å². The first-order valence-corrected chi connectivity index (χ1v) is 10.7. The number of benzene rings is 3. The summed E-state index contributed by atoms with van der Waals surface area (Å²) < 4.78 is 10.6. The van der Waals surface area contributed by atoms with Crippen molar-refractivity contribution in [3.63, 3.8) is 0 Å². The van der Waals surface area contributed by atoms with Gasteiger partial charge in [0, 0.05) is 30.3 Å². The summed E-state index contributed by atoms with van der Waals surface area (Å²) in [5, 5.41) is 3.33. The summed E-state index contributed by atoms with van der Waals surface area (Å²) in [6.45, 7) is 6.20. The average molecular weight is 442 g/mol. The Labute approximate surface area is 194 Å². The fourth-order valence-electron chi connectivity index (χ4n) is 3.29. The second kappa shape index (κ2) is 11.0. The molecule has 0 saturated carbocycles. The van der Waals surface area contributed by atoms with Gasteiger partial charge in [-0.2, -0.15) is 0 Å². The van der Waals surface area contributed by atoms with E-state index in [0.717, 1.165) is 5.56 Å². The zero-order chi connectivity index (χ0) is 23.8. The molecular formula is C28H27NO4. The normalized spacial score (nSPS) is 10.4. The van der Waals surface area contributed by atoms with E-state index in [9.17, 15) is 9.59 Å². The summed E-state index contributed by atoms with van der Waals surface area (Å²) in [5.74, 6) is 3.38. The highest BCUT2D eigenvalue weighted by molar-refractivity contribution is 6.12. The highest BCUT2D eigenvalue weighted by atomic mass is 16.5. The van der Waals surface area contributed by atoms with E-state index >= 15 is 0 Å². The molecule has 0 heterocycles. The van der Waals surface area contributed by atoms with Crippen molar-refractivity contribution in [2.75, 3.05) is 11.9 Å². The van der Waals surface area contributed by atoms with Crippen LogP contribution in [-0.2, 0) is 11.3 Å². The molecule has 0 bridgehead atoms. The first-order chi connectivity index (χ1) is 15.9. The van der Waals surface area contributed by atoms with Crippen molar-refractivity contribution < 1.29 is 19.1 Å². The van der Waals surface area contributed by atoms with Crippen molar-refractivity contribution in [1.82, 2.24) is 0 Å². The molecule has 0 aliphatic rings. The van der Waals surface area contributed by atoms with Gasteiger partial charge in [-0.3, -0.25) is 9.59 Å². The van der Waals surface area contributed by atoms with Gasteiger partial charge in [0.25, 0.3) is 0 Å². The van der Waals surface area contributed by atoms with Crippen LogP contribution in [0, 0.1) is 12.3 Å². The number of esters is 1. The lowest BCUT2D eigenvalue weighted by Gasteiger charge is -2.14. The zero-order valence-corrected chi connectivity index (χ0v) is 19.1. The highest BCUT2D eigenvalue weighted by Gasteiger charge is 2.16. The number of hydrogen-bond acceptors (Lipinski definition) is 5. The van der Waals surface area contributed by atoms with Crippen LogP contribution < -0.4 is 14.8 Å². The van der Waals surface area contributed by atoms with E-state index in [1.807, 2.05) is 42.5 Å². The molecule has 5 heteroatoms. The quantitative estimate of drug-likeness (QED) is 0.203. The Morgan fingerprint density at radius 1 is 0.970 bits per heavy atom. The minimum Gasteiger partial charge on any atom is -0.481 e. The van der Waals surface area contributed by atoms with Gasteiger partial charge in [0.05, 0.1) is 0 Å². The van der Waals surface area contributed by atoms with Crippen LogP contribution in [0.5, 0.6) is 11.5 Å². The molecule has 33 heavy (non-hydrogen) atoms. The Morgan fingerprint density at radius 2 is 1.64 bits per heavy atom. The average Bonchev–Trinajstić information content (AvgIpc) is 2.81. The zero-order valence-electron chi connectivity index (χ0n) is 19.1. The molecular weight excluding hydrogens is 414 g/mol. The molecule has 168 valence electrons. The Bertz CT molecular complexity index is 1160. The molecule has 0 fully saturated rings. The summed E-state index contributed by atoms with van der Waals surface area (Å²) in [7, 11) is 0. The van der Waals surface area contributed by atoms with E-state index in [1.54, 1.807) is 24.3 Å². The molecule has 0 unspecified atom stereocenters. The fourth-order valence-corrected chi connectivity index (χ4v) is 3.29. The van der Waals surface area contributed by atoms with E-state index < -0.39 is 0 Å². The first kappa shape index (κ1) is 23.6. The van der Waals surface area contributed by atoms with Crippen molar-refractivity contribution in [3.05, 3.63) is 89.0 Å². The van der Waals surface area contributed by atoms with Crippen LogP contribution in [0.4, 0.5) is 5.69 Å². The standard InChI is InChI=1S/C28H27NO4/c1-5-16-32-25-14-15-27(29-18-21-6-12-24(13-7-21)33-20(4)30)26(17-25)28(31)23-10-8-22(9-11-23)19(2)3/h1,6-15,17,19,29H,16,18H2,2-4H3. The Kier molecular flexibility index (Phi) is 7.88. The maximum atomic E-state index is 13.3. The Morgan fingerprint density at radius 3 is 2.24 bits per heavy atom. The summed E-state index contributed by atoms with van der Waals surface area (Å²) in [4.78, 5) is 24.4. The number of nitrogens with one attached hydrogen (secondary N) is 1. The van der Waals surface area contributed by atoms with Gasteiger partial charge in [-0.25, -0.2) is 0 Å². The molecule has 3 aromatic rings. The van der Waals surface area contributed by atoms with Crippen LogP contribution in [0.2, 0.25) is 0 Å².